The molecule has 0 bridgehead atoms. The fourth-order valence-electron chi connectivity index (χ4n) is 5.06. The Morgan fingerprint density at radius 3 is 2.74 bits per heavy atom. The Labute approximate surface area is 182 Å². The summed E-state index contributed by atoms with van der Waals surface area (Å²) in [5.74, 6) is 0.776. The van der Waals surface area contributed by atoms with Gasteiger partial charge in [-0.05, 0) is 54.9 Å². The topological polar surface area (TPSA) is 104 Å². The molecule has 1 aliphatic heterocycles. The number of rotatable bonds is 4. The molecule has 5 rings (SSSR count). The number of aromatic nitrogens is 4. The molecule has 1 saturated heterocycles. The summed E-state index contributed by atoms with van der Waals surface area (Å²) >= 11 is 0. The third-order valence-electron chi connectivity index (χ3n) is 6.94. The Bertz CT molecular complexity index is 1110. The van der Waals surface area contributed by atoms with E-state index in [1.807, 2.05) is 19.1 Å². The fraction of sp³-hybridized carbons (Fsp3) is 0.375. The van der Waals surface area contributed by atoms with Crippen LogP contribution >= 0.6 is 0 Å². The predicted octanol–water partition coefficient (Wildman–Crippen LogP) is 3.01. The van der Waals surface area contributed by atoms with Crippen LogP contribution in [0.3, 0.4) is 0 Å². The van der Waals surface area contributed by atoms with Crippen LogP contribution in [0.2, 0.25) is 0 Å². The largest absolute Gasteiger partial charge is 0.390 e. The number of aliphatic hydroxyl groups is 1. The van der Waals surface area contributed by atoms with E-state index in [4.69, 9.17) is 5.73 Å². The van der Waals surface area contributed by atoms with Crippen molar-refractivity contribution in [1.82, 2.24) is 20.2 Å². The van der Waals surface area contributed by atoms with Gasteiger partial charge in [-0.25, -0.2) is 9.97 Å². The van der Waals surface area contributed by atoms with E-state index in [9.17, 15) is 5.11 Å². The number of H-pyrrole nitrogens is 1. The van der Waals surface area contributed by atoms with Crippen molar-refractivity contribution < 1.29 is 5.11 Å². The van der Waals surface area contributed by atoms with Crippen molar-refractivity contribution in [2.45, 2.75) is 38.8 Å². The quantitative estimate of drug-likeness (QED) is 0.604. The summed E-state index contributed by atoms with van der Waals surface area (Å²) in [6.07, 6.45) is 10.5. The van der Waals surface area contributed by atoms with E-state index in [1.165, 1.54) is 11.1 Å². The normalized spacial score (nSPS) is 20.0. The highest BCUT2D eigenvalue weighted by molar-refractivity contribution is 5.68. The van der Waals surface area contributed by atoms with Crippen molar-refractivity contribution in [1.29, 1.82) is 0 Å². The van der Waals surface area contributed by atoms with Crippen LogP contribution < -0.4 is 10.6 Å². The molecule has 1 aromatic carbocycles. The summed E-state index contributed by atoms with van der Waals surface area (Å²) in [7, 11) is 0. The molecule has 7 heteroatoms. The zero-order valence-corrected chi connectivity index (χ0v) is 17.8. The molecule has 31 heavy (non-hydrogen) atoms. The molecule has 3 heterocycles. The lowest BCUT2D eigenvalue weighted by Gasteiger charge is -2.42. The maximum Gasteiger partial charge on any atom is 0.152 e. The van der Waals surface area contributed by atoms with Crippen LogP contribution in [0.25, 0.3) is 12.2 Å². The Balaban J connectivity index is 1.31. The first kappa shape index (κ1) is 19.9. The number of nitrogens with zero attached hydrogens (tertiary/aromatic N) is 4. The van der Waals surface area contributed by atoms with Crippen LogP contribution in [0.4, 0.5) is 5.82 Å². The number of hydrogen-bond acceptors (Lipinski definition) is 6. The Morgan fingerprint density at radius 1 is 1.23 bits per heavy atom. The molecule has 0 amide bonds. The standard InChI is InChI=1S/C24H28N6O/c1-16-18(13-27-29-16)6-7-19-14-26-23(21(15-31)28-19)30-10-8-24(9-11-30)12-17-4-2-3-5-20(17)22(24)25/h2-7,13-14,22,31H,8-12,15,25H2,1H3,(H,27,29). The third kappa shape index (κ3) is 3.54. The average molecular weight is 417 g/mol. The van der Waals surface area contributed by atoms with Gasteiger partial charge in [0.25, 0.3) is 0 Å². The molecule has 1 unspecified atom stereocenters. The number of fused-ring (bicyclic) bond motifs is 1. The zero-order chi connectivity index (χ0) is 21.4. The molecule has 0 radical (unpaired) electrons. The minimum absolute atomic E-state index is 0.0909. The minimum atomic E-state index is -0.138. The molecule has 3 aromatic rings. The molecule has 7 nitrogen and oxygen atoms in total. The number of piperidine rings is 1. The van der Waals surface area contributed by atoms with Gasteiger partial charge in [-0.2, -0.15) is 5.10 Å². The average Bonchev–Trinajstić information content (AvgIpc) is 3.33. The first-order valence-electron chi connectivity index (χ1n) is 10.8. The number of aromatic amines is 1. The summed E-state index contributed by atoms with van der Waals surface area (Å²) in [5, 5.41) is 16.9. The zero-order valence-electron chi connectivity index (χ0n) is 17.8. The van der Waals surface area contributed by atoms with E-state index in [0.29, 0.717) is 5.69 Å². The van der Waals surface area contributed by atoms with Crippen LogP contribution in [0.15, 0.2) is 36.7 Å². The number of aryl methyl sites for hydroxylation is 1. The van der Waals surface area contributed by atoms with Crippen LogP contribution in [0, 0.1) is 12.3 Å². The molecule has 160 valence electrons. The number of aliphatic hydroxyl groups excluding tert-OH is 1. The van der Waals surface area contributed by atoms with Crippen molar-refractivity contribution in [2.75, 3.05) is 18.0 Å². The highest BCUT2D eigenvalue weighted by Crippen LogP contribution is 2.50. The van der Waals surface area contributed by atoms with E-state index in [2.05, 4.69) is 49.3 Å². The summed E-state index contributed by atoms with van der Waals surface area (Å²) in [6.45, 7) is 3.57. The van der Waals surface area contributed by atoms with E-state index in [0.717, 1.165) is 55.1 Å². The van der Waals surface area contributed by atoms with Crippen LogP contribution in [-0.2, 0) is 13.0 Å². The van der Waals surface area contributed by atoms with Gasteiger partial charge in [-0.3, -0.25) is 5.10 Å². The van der Waals surface area contributed by atoms with Crippen molar-refractivity contribution in [3.8, 4) is 0 Å². The first-order chi connectivity index (χ1) is 15.1. The minimum Gasteiger partial charge on any atom is -0.390 e. The SMILES string of the molecule is Cc1[nH]ncc1C=Cc1cnc(N2CCC3(CC2)Cc2ccccc2C3N)c(CO)n1. The molecule has 2 aromatic heterocycles. The lowest BCUT2D eigenvalue weighted by Crippen LogP contribution is -2.45. The van der Waals surface area contributed by atoms with Gasteiger partial charge in [-0.1, -0.05) is 24.3 Å². The third-order valence-corrected chi connectivity index (χ3v) is 6.94. The Hall–Kier alpha value is -3.03. The predicted molar refractivity (Wildman–Crippen MR) is 121 cm³/mol. The van der Waals surface area contributed by atoms with Gasteiger partial charge < -0.3 is 15.7 Å². The molecular formula is C24H28N6O. The van der Waals surface area contributed by atoms with Crippen molar-refractivity contribution in [2.24, 2.45) is 11.1 Å². The fourth-order valence-corrected chi connectivity index (χ4v) is 5.06. The molecule has 1 spiro atoms. The van der Waals surface area contributed by atoms with Gasteiger partial charge in [0.2, 0.25) is 0 Å². The number of benzene rings is 1. The summed E-state index contributed by atoms with van der Waals surface area (Å²) < 4.78 is 0. The van der Waals surface area contributed by atoms with Crippen LogP contribution in [0.1, 0.15) is 52.7 Å². The van der Waals surface area contributed by atoms with Gasteiger partial charge in [0, 0.05) is 30.4 Å². The molecule has 1 fully saturated rings. The Kier molecular flexibility index (Phi) is 5.08. The summed E-state index contributed by atoms with van der Waals surface area (Å²) in [5.41, 5.74) is 12.9. The highest BCUT2D eigenvalue weighted by Gasteiger charge is 2.46. The van der Waals surface area contributed by atoms with E-state index >= 15 is 0 Å². The number of nitrogens with two attached hydrogens (primary N) is 1. The van der Waals surface area contributed by atoms with Gasteiger partial charge in [0.1, 0.15) is 5.69 Å². The van der Waals surface area contributed by atoms with Gasteiger partial charge in [0.15, 0.2) is 5.82 Å². The molecule has 2 aliphatic rings. The maximum absolute atomic E-state index is 9.95. The van der Waals surface area contributed by atoms with Crippen LogP contribution in [0.5, 0.6) is 0 Å². The molecular weight excluding hydrogens is 388 g/mol. The number of nitrogens with one attached hydrogen (secondary N) is 1. The van der Waals surface area contributed by atoms with Gasteiger partial charge in [0.05, 0.1) is 24.7 Å². The molecule has 1 atom stereocenters. The smallest absolute Gasteiger partial charge is 0.152 e. The van der Waals surface area contributed by atoms with Crippen molar-refractivity contribution in [3.63, 3.8) is 0 Å². The second kappa shape index (κ2) is 7.90. The lowest BCUT2D eigenvalue weighted by atomic mass is 9.73. The lowest BCUT2D eigenvalue weighted by molar-refractivity contribution is 0.186. The summed E-state index contributed by atoms with van der Waals surface area (Å²) in [4.78, 5) is 11.5. The van der Waals surface area contributed by atoms with Gasteiger partial charge in [-0.15, -0.1) is 0 Å². The van der Waals surface area contributed by atoms with E-state index in [1.54, 1.807) is 12.4 Å². The Morgan fingerprint density at radius 2 is 2.03 bits per heavy atom. The number of anilines is 1. The molecule has 0 saturated carbocycles. The number of hydrogen-bond donors (Lipinski definition) is 3. The van der Waals surface area contributed by atoms with E-state index < -0.39 is 0 Å². The second-order valence-electron chi connectivity index (χ2n) is 8.71. The molecule has 1 aliphatic carbocycles. The van der Waals surface area contributed by atoms with Crippen molar-refractivity contribution >= 4 is 18.0 Å². The summed E-state index contributed by atoms with van der Waals surface area (Å²) in [6, 6.07) is 8.66. The highest BCUT2D eigenvalue weighted by atomic mass is 16.3. The van der Waals surface area contributed by atoms with Gasteiger partial charge >= 0.3 is 0 Å². The van der Waals surface area contributed by atoms with E-state index in [-0.39, 0.29) is 18.1 Å². The first-order valence-corrected chi connectivity index (χ1v) is 10.8. The molecule has 4 N–H and O–H groups in total. The maximum atomic E-state index is 9.95. The van der Waals surface area contributed by atoms with Crippen LogP contribution in [-0.4, -0.2) is 38.4 Å². The van der Waals surface area contributed by atoms with Crippen molar-refractivity contribution in [3.05, 3.63) is 70.4 Å². The second-order valence-corrected chi connectivity index (χ2v) is 8.71. The monoisotopic (exact) mass is 416 g/mol.